The summed E-state index contributed by atoms with van der Waals surface area (Å²) in [6.45, 7) is 2.00. The van der Waals surface area contributed by atoms with E-state index in [0.717, 1.165) is 27.8 Å². The van der Waals surface area contributed by atoms with Crippen molar-refractivity contribution in [2.45, 2.75) is 13.0 Å². The molecule has 1 aromatic heterocycles. The molecule has 2 aromatic rings. The van der Waals surface area contributed by atoms with Crippen molar-refractivity contribution in [3.63, 3.8) is 0 Å². The number of ether oxygens (including phenoxy) is 2. The molecule has 0 bridgehead atoms. The Bertz CT molecular complexity index is 554. The molecule has 0 aliphatic heterocycles. The molecule has 1 unspecified atom stereocenters. The molecule has 1 atom stereocenters. The Hall–Kier alpha value is -1.59. The van der Waals surface area contributed by atoms with Crippen LogP contribution in [0.4, 0.5) is 0 Å². The molecule has 102 valence electrons. The summed E-state index contributed by atoms with van der Waals surface area (Å²) in [4.78, 5) is 4.55. The van der Waals surface area contributed by atoms with Gasteiger partial charge < -0.3 is 14.8 Å². The minimum atomic E-state index is 0.0274. The summed E-state index contributed by atoms with van der Waals surface area (Å²) in [6.07, 6.45) is 0. The van der Waals surface area contributed by atoms with Crippen molar-refractivity contribution in [3.05, 3.63) is 39.8 Å². The fraction of sp³-hybridized carbons (Fsp3) is 0.357. The van der Waals surface area contributed by atoms with Crippen molar-refractivity contribution in [2.75, 3.05) is 21.3 Å². The number of hydrogen-bond donors (Lipinski definition) is 1. The third kappa shape index (κ3) is 2.88. The lowest BCUT2D eigenvalue weighted by atomic mass is 10.1. The first-order valence-corrected chi connectivity index (χ1v) is 6.88. The third-order valence-corrected chi connectivity index (χ3v) is 3.95. The van der Waals surface area contributed by atoms with Gasteiger partial charge in [-0.25, -0.2) is 4.98 Å². The fourth-order valence-corrected chi connectivity index (χ4v) is 2.90. The van der Waals surface area contributed by atoms with E-state index in [0.29, 0.717) is 0 Å². The number of aromatic nitrogens is 1. The summed E-state index contributed by atoms with van der Waals surface area (Å²) in [5, 5.41) is 6.37. The molecule has 0 amide bonds. The molecule has 1 aromatic carbocycles. The maximum Gasteiger partial charge on any atom is 0.127 e. The molecular weight excluding hydrogens is 260 g/mol. The summed E-state index contributed by atoms with van der Waals surface area (Å²) in [5.41, 5.74) is 2.09. The first-order valence-electron chi connectivity index (χ1n) is 6.00. The molecule has 4 nitrogen and oxygen atoms in total. The van der Waals surface area contributed by atoms with Gasteiger partial charge >= 0.3 is 0 Å². The van der Waals surface area contributed by atoms with E-state index in [-0.39, 0.29) is 6.04 Å². The maximum atomic E-state index is 5.46. The molecule has 1 heterocycles. The minimum absolute atomic E-state index is 0.0274. The Balaban J connectivity index is 2.43. The predicted octanol–water partition coefficient (Wildman–Crippen LogP) is 2.78. The van der Waals surface area contributed by atoms with Crippen LogP contribution >= 0.6 is 11.3 Å². The normalized spacial score (nSPS) is 12.2. The molecule has 0 fully saturated rings. The van der Waals surface area contributed by atoms with Crippen molar-refractivity contribution < 1.29 is 9.47 Å². The minimum Gasteiger partial charge on any atom is -0.497 e. The van der Waals surface area contributed by atoms with Gasteiger partial charge in [-0.1, -0.05) is 0 Å². The van der Waals surface area contributed by atoms with Gasteiger partial charge in [-0.15, -0.1) is 11.3 Å². The van der Waals surface area contributed by atoms with E-state index in [1.807, 2.05) is 32.2 Å². The standard InChI is InChI=1S/C14H18N2O2S/c1-9-8-19-14(16-9)13(15-2)11-6-5-10(17-3)7-12(11)18-4/h5-8,13,15H,1-4H3. The fourth-order valence-electron chi connectivity index (χ4n) is 1.97. The Morgan fingerprint density at radius 3 is 2.58 bits per heavy atom. The molecule has 1 N–H and O–H groups in total. The SMILES string of the molecule is CNC(c1nc(C)cs1)c1ccc(OC)cc1OC. The molecule has 2 rings (SSSR count). The summed E-state index contributed by atoms with van der Waals surface area (Å²) >= 11 is 1.65. The van der Waals surface area contributed by atoms with E-state index in [4.69, 9.17) is 9.47 Å². The summed E-state index contributed by atoms with van der Waals surface area (Å²) in [7, 11) is 5.23. The average Bonchev–Trinajstić information content (AvgIpc) is 2.86. The zero-order valence-corrected chi connectivity index (χ0v) is 12.4. The highest BCUT2D eigenvalue weighted by Gasteiger charge is 2.19. The third-order valence-electron chi connectivity index (χ3n) is 2.92. The highest BCUT2D eigenvalue weighted by Crippen LogP contribution is 2.33. The maximum absolute atomic E-state index is 5.46. The van der Waals surface area contributed by atoms with E-state index in [1.54, 1.807) is 25.6 Å². The van der Waals surface area contributed by atoms with Crippen LogP contribution in [0.2, 0.25) is 0 Å². The first kappa shape index (κ1) is 13.8. The number of nitrogens with zero attached hydrogens (tertiary/aromatic N) is 1. The highest BCUT2D eigenvalue weighted by molar-refractivity contribution is 7.09. The molecule has 0 radical (unpaired) electrons. The lowest BCUT2D eigenvalue weighted by Crippen LogP contribution is -2.18. The van der Waals surface area contributed by atoms with Crippen LogP contribution in [0, 0.1) is 6.92 Å². The van der Waals surface area contributed by atoms with E-state index in [9.17, 15) is 0 Å². The summed E-state index contributed by atoms with van der Waals surface area (Å²) < 4.78 is 10.7. The number of methoxy groups -OCH3 is 2. The molecular formula is C14H18N2O2S. The molecule has 0 aliphatic rings. The second-order valence-electron chi connectivity index (χ2n) is 4.16. The van der Waals surface area contributed by atoms with Crippen LogP contribution in [-0.4, -0.2) is 26.3 Å². The predicted molar refractivity (Wildman–Crippen MR) is 77.3 cm³/mol. The van der Waals surface area contributed by atoms with Gasteiger partial charge in [0.25, 0.3) is 0 Å². The Morgan fingerprint density at radius 1 is 1.26 bits per heavy atom. The lowest BCUT2D eigenvalue weighted by molar-refractivity contribution is 0.388. The number of benzene rings is 1. The molecule has 0 saturated carbocycles. The van der Waals surface area contributed by atoms with Crippen molar-refractivity contribution in [1.82, 2.24) is 10.3 Å². The zero-order valence-electron chi connectivity index (χ0n) is 11.6. The van der Waals surface area contributed by atoms with E-state index in [1.165, 1.54) is 0 Å². The number of hydrogen-bond acceptors (Lipinski definition) is 5. The van der Waals surface area contributed by atoms with Crippen molar-refractivity contribution in [3.8, 4) is 11.5 Å². The first-order chi connectivity index (χ1) is 9.19. The van der Waals surface area contributed by atoms with Crippen molar-refractivity contribution >= 4 is 11.3 Å². The number of rotatable bonds is 5. The van der Waals surface area contributed by atoms with Gasteiger partial charge in [0.15, 0.2) is 0 Å². The number of thiazole rings is 1. The van der Waals surface area contributed by atoms with E-state index in [2.05, 4.69) is 15.7 Å². The molecule has 19 heavy (non-hydrogen) atoms. The number of aryl methyl sites for hydroxylation is 1. The molecule has 0 saturated heterocycles. The Kier molecular flexibility index (Phi) is 4.39. The van der Waals surface area contributed by atoms with Gasteiger partial charge in [0.05, 0.1) is 20.3 Å². The van der Waals surface area contributed by atoms with Gasteiger partial charge in [0, 0.05) is 22.7 Å². The second kappa shape index (κ2) is 6.04. The van der Waals surface area contributed by atoms with Gasteiger partial charge in [0.2, 0.25) is 0 Å². The largest absolute Gasteiger partial charge is 0.497 e. The lowest BCUT2D eigenvalue weighted by Gasteiger charge is -2.18. The van der Waals surface area contributed by atoms with Gasteiger partial charge in [-0.3, -0.25) is 0 Å². The second-order valence-corrected chi connectivity index (χ2v) is 5.05. The van der Waals surface area contributed by atoms with Crippen LogP contribution in [0.1, 0.15) is 22.3 Å². The Morgan fingerprint density at radius 2 is 2.05 bits per heavy atom. The summed E-state index contributed by atoms with van der Waals surface area (Å²) in [5.74, 6) is 1.58. The van der Waals surface area contributed by atoms with Crippen molar-refractivity contribution in [2.24, 2.45) is 0 Å². The average molecular weight is 278 g/mol. The number of nitrogens with one attached hydrogen (secondary N) is 1. The Labute approximate surface area is 117 Å². The smallest absolute Gasteiger partial charge is 0.127 e. The van der Waals surface area contributed by atoms with Crippen molar-refractivity contribution in [1.29, 1.82) is 0 Å². The monoisotopic (exact) mass is 278 g/mol. The van der Waals surface area contributed by atoms with Gasteiger partial charge in [-0.05, 0) is 26.1 Å². The van der Waals surface area contributed by atoms with Crippen LogP contribution in [0.3, 0.4) is 0 Å². The van der Waals surface area contributed by atoms with Crippen LogP contribution in [-0.2, 0) is 0 Å². The van der Waals surface area contributed by atoms with Gasteiger partial charge in [0.1, 0.15) is 16.5 Å². The van der Waals surface area contributed by atoms with Crippen LogP contribution in [0.15, 0.2) is 23.6 Å². The molecule has 0 spiro atoms. The van der Waals surface area contributed by atoms with E-state index < -0.39 is 0 Å². The van der Waals surface area contributed by atoms with E-state index >= 15 is 0 Å². The summed E-state index contributed by atoms with van der Waals surface area (Å²) in [6, 6.07) is 5.86. The van der Waals surface area contributed by atoms with Gasteiger partial charge in [-0.2, -0.15) is 0 Å². The zero-order chi connectivity index (χ0) is 13.8. The van der Waals surface area contributed by atoms with Crippen LogP contribution < -0.4 is 14.8 Å². The highest BCUT2D eigenvalue weighted by atomic mass is 32.1. The molecule has 5 heteroatoms. The molecule has 0 aliphatic carbocycles. The quantitative estimate of drug-likeness (QED) is 0.913. The van der Waals surface area contributed by atoms with Crippen LogP contribution in [0.25, 0.3) is 0 Å². The topological polar surface area (TPSA) is 43.4 Å². The van der Waals surface area contributed by atoms with Crippen LogP contribution in [0.5, 0.6) is 11.5 Å².